The van der Waals surface area contributed by atoms with Crippen molar-refractivity contribution in [1.82, 2.24) is 4.31 Å². The first-order chi connectivity index (χ1) is 17.4. The molecule has 0 spiro atoms. The van der Waals surface area contributed by atoms with Crippen molar-refractivity contribution in [3.8, 4) is 11.5 Å². The van der Waals surface area contributed by atoms with E-state index < -0.39 is 10.0 Å². The van der Waals surface area contributed by atoms with E-state index in [-0.39, 0.29) is 10.8 Å². The lowest BCUT2D eigenvalue weighted by Gasteiger charge is -2.35. The molecule has 0 aliphatic carbocycles. The van der Waals surface area contributed by atoms with Crippen LogP contribution < -0.4 is 19.7 Å². The molecule has 0 radical (unpaired) electrons. The van der Waals surface area contributed by atoms with Gasteiger partial charge in [-0.2, -0.15) is 4.31 Å². The van der Waals surface area contributed by atoms with Gasteiger partial charge >= 0.3 is 0 Å². The maximum absolute atomic E-state index is 13.2. The van der Waals surface area contributed by atoms with Crippen LogP contribution >= 0.6 is 0 Å². The SMILES string of the molecule is COc1ccc(/C=C/C(=O)Nc2ccc(S(=O)(=O)N3CCN(c4ccccc4OC)CC3)cc2)cc1. The molecule has 8 nitrogen and oxygen atoms in total. The van der Waals surface area contributed by atoms with Gasteiger partial charge in [0.2, 0.25) is 15.9 Å². The Balaban J connectivity index is 1.35. The Morgan fingerprint density at radius 2 is 1.53 bits per heavy atom. The second kappa shape index (κ2) is 11.3. The number of rotatable bonds is 8. The van der Waals surface area contributed by atoms with Gasteiger partial charge in [-0.25, -0.2) is 8.42 Å². The summed E-state index contributed by atoms with van der Waals surface area (Å²) in [6.07, 6.45) is 3.12. The Kier molecular flexibility index (Phi) is 7.92. The number of nitrogens with one attached hydrogen (secondary N) is 1. The minimum atomic E-state index is -3.64. The number of amides is 1. The molecule has 1 aliphatic rings. The lowest BCUT2D eigenvalue weighted by atomic mass is 10.2. The van der Waals surface area contributed by atoms with Crippen LogP contribution in [0.2, 0.25) is 0 Å². The Hall–Kier alpha value is -3.82. The van der Waals surface area contributed by atoms with Crippen LogP contribution in [-0.2, 0) is 14.8 Å². The van der Waals surface area contributed by atoms with Crippen molar-refractivity contribution in [2.75, 3.05) is 50.6 Å². The Labute approximate surface area is 211 Å². The second-order valence-electron chi connectivity index (χ2n) is 8.18. The maximum atomic E-state index is 13.2. The molecule has 1 N–H and O–H groups in total. The monoisotopic (exact) mass is 507 g/mol. The van der Waals surface area contributed by atoms with E-state index in [0.29, 0.717) is 31.9 Å². The minimum absolute atomic E-state index is 0.194. The quantitative estimate of drug-likeness (QED) is 0.466. The van der Waals surface area contributed by atoms with E-state index in [0.717, 1.165) is 22.7 Å². The normalized spacial score (nSPS) is 14.6. The molecule has 0 saturated carbocycles. The third-order valence-electron chi connectivity index (χ3n) is 5.97. The summed E-state index contributed by atoms with van der Waals surface area (Å²) in [5, 5.41) is 2.75. The molecule has 36 heavy (non-hydrogen) atoms. The highest BCUT2D eigenvalue weighted by molar-refractivity contribution is 7.89. The second-order valence-corrected chi connectivity index (χ2v) is 10.1. The van der Waals surface area contributed by atoms with E-state index in [4.69, 9.17) is 9.47 Å². The molecule has 0 bridgehead atoms. The number of methoxy groups -OCH3 is 2. The lowest BCUT2D eigenvalue weighted by Crippen LogP contribution is -2.48. The highest BCUT2D eigenvalue weighted by Crippen LogP contribution is 2.29. The summed E-state index contributed by atoms with van der Waals surface area (Å²) < 4.78 is 38.4. The van der Waals surface area contributed by atoms with E-state index in [2.05, 4.69) is 10.2 Å². The Bertz CT molecular complexity index is 1310. The molecule has 4 rings (SSSR count). The molecule has 0 atom stereocenters. The summed E-state index contributed by atoms with van der Waals surface area (Å²) in [7, 11) is -0.419. The standard InChI is InChI=1S/C27H29N3O5S/c1-34-23-12-7-21(8-13-23)9-16-27(31)28-22-10-14-24(15-11-22)36(32,33)30-19-17-29(18-20-30)25-5-3-4-6-26(25)35-2/h3-16H,17-20H2,1-2H3,(H,28,31)/b16-9+. The van der Waals surface area contributed by atoms with Gasteiger partial charge in [-0.15, -0.1) is 0 Å². The number of carbonyl (C=O) groups is 1. The molecule has 3 aromatic carbocycles. The molecule has 1 heterocycles. The first-order valence-electron chi connectivity index (χ1n) is 11.5. The third-order valence-corrected chi connectivity index (χ3v) is 7.88. The van der Waals surface area contributed by atoms with Crippen molar-refractivity contribution in [2.45, 2.75) is 4.90 Å². The molecular weight excluding hydrogens is 478 g/mol. The molecule has 0 unspecified atom stereocenters. The van der Waals surface area contributed by atoms with Crippen LogP contribution in [0.15, 0.2) is 83.8 Å². The number of hydrogen-bond acceptors (Lipinski definition) is 6. The van der Waals surface area contributed by atoms with E-state index in [1.54, 1.807) is 32.4 Å². The number of carbonyl (C=O) groups excluding carboxylic acids is 1. The number of piperazine rings is 1. The summed E-state index contributed by atoms with van der Waals surface area (Å²) in [5.41, 5.74) is 2.33. The van der Waals surface area contributed by atoms with Crippen molar-refractivity contribution >= 4 is 33.4 Å². The fourth-order valence-electron chi connectivity index (χ4n) is 3.99. The van der Waals surface area contributed by atoms with E-state index in [1.807, 2.05) is 48.5 Å². The van der Waals surface area contributed by atoms with Crippen molar-refractivity contribution in [3.05, 3.63) is 84.4 Å². The van der Waals surface area contributed by atoms with Gasteiger partial charge in [-0.1, -0.05) is 24.3 Å². The van der Waals surface area contributed by atoms with Crippen LogP contribution in [0, 0.1) is 0 Å². The third kappa shape index (κ3) is 5.87. The summed E-state index contributed by atoms with van der Waals surface area (Å²) >= 11 is 0. The predicted octanol–water partition coefficient (Wildman–Crippen LogP) is 3.87. The molecule has 1 saturated heterocycles. The van der Waals surface area contributed by atoms with Crippen LogP contribution in [0.5, 0.6) is 11.5 Å². The number of ether oxygens (including phenoxy) is 2. The first-order valence-corrected chi connectivity index (χ1v) is 13.0. The van der Waals surface area contributed by atoms with E-state index >= 15 is 0 Å². The van der Waals surface area contributed by atoms with E-state index in [9.17, 15) is 13.2 Å². The van der Waals surface area contributed by atoms with Crippen LogP contribution in [-0.4, -0.2) is 59.0 Å². The highest BCUT2D eigenvalue weighted by atomic mass is 32.2. The summed E-state index contributed by atoms with van der Waals surface area (Å²) in [5.74, 6) is 1.20. The number of sulfonamides is 1. The van der Waals surface area contributed by atoms with Gasteiger partial charge < -0.3 is 19.7 Å². The highest BCUT2D eigenvalue weighted by Gasteiger charge is 2.29. The van der Waals surface area contributed by atoms with Crippen molar-refractivity contribution in [2.24, 2.45) is 0 Å². The smallest absolute Gasteiger partial charge is 0.248 e. The molecular formula is C27H29N3O5S. The number of para-hydroxylation sites is 2. The average Bonchev–Trinajstić information content (AvgIpc) is 2.92. The van der Waals surface area contributed by atoms with Gasteiger partial charge in [-0.3, -0.25) is 4.79 Å². The molecule has 9 heteroatoms. The zero-order valence-electron chi connectivity index (χ0n) is 20.3. The fraction of sp³-hybridized carbons (Fsp3) is 0.222. The van der Waals surface area contributed by atoms with Gasteiger partial charge in [-0.05, 0) is 60.2 Å². The van der Waals surface area contributed by atoms with Crippen molar-refractivity contribution < 1.29 is 22.7 Å². The topological polar surface area (TPSA) is 88.2 Å². The minimum Gasteiger partial charge on any atom is -0.497 e. The van der Waals surface area contributed by atoms with Gasteiger partial charge in [0.15, 0.2) is 0 Å². The number of anilines is 2. The molecule has 188 valence electrons. The first kappa shape index (κ1) is 25.3. The van der Waals surface area contributed by atoms with Crippen LogP contribution in [0.25, 0.3) is 6.08 Å². The van der Waals surface area contributed by atoms with Crippen molar-refractivity contribution in [1.29, 1.82) is 0 Å². The molecule has 1 amide bonds. The van der Waals surface area contributed by atoms with Crippen molar-refractivity contribution in [3.63, 3.8) is 0 Å². The number of nitrogens with zero attached hydrogens (tertiary/aromatic N) is 2. The van der Waals surface area contributed by atoms with Crippen LogP contribution in [0.4, 0.5) is 11.4 Å². The van der Waals surface area contributed by atoms with Gasteiger partial charge in [0.25, 0.3) is 0 Å². The fourth-order valence-corrected chi connectivity index (χ4v) is 5.41. The average molecular weight is 508 g/mol. The summed E-state index contributed by atoms with van der Waals surface area (Å²) in [6, 6.07) is 21.3. The molecule has 0 aromatic heterocycles. The van der Waals surface area contributed by atoms with Gasteiger partial charge in [0.05, 0.1) is 24.8 Å². The van der Waals surface area contributed by atoms with Crippen LogP contribution in [0.1, 0.15) is 5.56 Å². The Morgan fingerprint density at radius 1 is 0.861 bits per heavy atom. The summed E-state index contributed by atoms with van der Waals surface area (Å²) in [4.78, 5) is 14.6. The van der Waals surface area contributed by atoms with Gasteiger partial charge in [0.1, 0.15) is 11.5 Å². The Morgan fingerprint density at radius 3 is 2.17 bits per heavy atom. The zero-order chi connectivity index (χ0) is 25.5. The number of hydrogen-bond donors (Lipinski definition) is 1. The van der Waals surface area contributed by atoms with Gasteiger partial charge in [0, 0.05) is 37.9 Å². The lowest BCUT2D eigenvalue weighted by molar-refractivity contribution is -0.111. The maximum Gasteiger partial charge on any atom is 0.248 e. The van der Waals surface area contributed by atoms with E-state index in [1.165, 1.54) is 22.5 Å². The zero-order valence-corrected chi connectivity index (χ0v) is 21.1. The predicted molar refractivity (Wildman–Crippen MR) is 141 cm³/mol. The molecule has 1 fully saturated rings. The largest absolute Gasteiger partial charge is 0.497 e. The molecule has 3 aromatic rings. The van der Waals surface area contributed by atoms with Crippen LogP contribution in [0.3, 0.4) is 0 Å². The summed E-state index contributed by atoms with van der Waals surface area (Å²) in [6.45, 7) is 1.87. The number of benzene rings is 3. The molecule has 1 aliphatic heterocycles.